The molecule has 0 aliphatic heterocycles. The summed E-state index contributed by atoms with van der Waals surface area (Å²) in [6, 6.07) is 0. The van der Waals surface area contributed by atoms with Crippen LogP contribution in [0.15, 0.2) is 11.6 Å². The van der Waals surface area contributed by atoms with Crippen LogP contribution < -0.4 is 0 Å². The van der Waals surface area contributed by atoms with Gasteiger partial charge in [-0.3, -0.25) is 0 Å². The van der Waals surface area contributed by atoms with Crippen molar-refractivity contribution in [3.8, 4) is 0 Å². The average molecular weight is 228 g/mol. The molecule has 0 rings (SSSR count). The van der Waals surface area contributed by atoms with Crippen molar-refractivity contribution in [1.29, 1.82) is 0 Å². The molecule has 0 fully saturated rings. The second kappa shape index (κ2) is 9.40. The van der Waals surface area contributed by atoms with E-state index in [1.54, 1.807) is 6.92 Å². The molecule has 0 aromatic carbocycles. The van der Waals surface area contributed by atoms with Crippen LogP contribution in [0.4, 0.5) is 0 Å². The molecule has 1 unspecified atom stereocenters. The topological polar surface area (TPSA) is 46.5 Å². The van der Waals surface area contributed by atoms with Crippen molar-refractivity contribution in [2.24, 2.45) is 0 Å². The summed E-state index contributed by atoms with van der Waals surface area (Å²) in [7, 11) is 0. The molecule has 3 nitrogen and oxygen atoms in total. The minimum absolute atomic E-state index is 0.319. The number of aliphatic hydroxyl groups is 1. The van der Waals surface area contributed by atoms with Gasteiger partial charge in [0.1, 0.15) is 0 Å². The third-order valence-corrected chi connectivity index (χ3v) is 2.35. The van der Waals surface area contributed by atoms with Crippen LogP contribution in [0.5, 0.6) is 0 Å². The summed E-state index contributed by atoms with van der Waals surface area (Å²) in [5, 5.41) is 9.70. The van der Waals surface area contributed by atoms with Crippen molar-refractivity contribution in [2.45, 2.75) is 59.0 Å². The molecule has 0 saturated heterocycles. The van der Waals surface area contributed by atoms with E-state index in [1.807, 2.05) is 6.92 Å². The van der Waals surface area contributed by atoms with E-state index in [9.17, 15) is 9.90 Å². The van der Waals surface area contributed by atoms with Gasteiger partial charge in [0.15, 0.2) is 0 Å². The molecule has 1 N–H and O–H groups in total. The predicted molar refractivity (Wildman–Crippen MR) is 65.2 cm³/mol. The number of ether oxygens (including phenoxy) is 1. The Bertz CT molecular complexity index is 221. The van der Waals surface area contributed by atoms with Crippen LogP contribution in [0.3, 0.4) is 0 Å². The highest BCUT2D eigenvalue weighted by atomic mass is 16.5. The van der Waals surface area contributed by atoms with Gasteiger partial charge in [-0.05, 0) is 26.7 Å². The molecule has 0 aliphatic carbocycles. The Morgan fingerprint density at radius 3 is 2.62 bits per heavy atom. The largest absolute Gasteiger partial charge is 0.463 e. The number of hydrogen-bond donors (Lipinski definition) is 1. The molecule has 0 spiro atoms. The summed E-state index contributed by atoms with van der Waals surface area (Å²) < 4.78 is 4.80. The van der Waals surface area contributed by atoms with E-state index >= 15 is 0 Å². The third-order valence-electron chi connectivity index (χ3n) is 2.35. The van der Waals surface area contributed by atoms with Crippen LogP contribution in [0, 0.1) is 0 Å². The zero-order chi connectivity index (χ0) is 12.4. The Balaban J connectivity index is 3.83. The van der Waals surface area contributed by atoms with Crippen molar-refractivity contribution in [1.82, 2.24) is 0 Å². The lowest BCUT2D eigenvalue weighted by atomic mass is 10.0. The van der Waals surface area contributed by atoms with Crippen LogP contribution >= 0.6 is 0 Å². The van der Waals surface area contributed by atoms with Gasteiger partial charge in [0, 0.05) is 6.08 Å². The van der Waals surface area contributed by atoms with Gasteiger partial charge < -0.3 is 9.84 Å². The lowest BCUT2D eigenvalue weighted by molar-refractivity contribution is -0.137. The van der Waals surface area contributed by atoms with Gasteiger partial charge in [-0.25, -0.2) is 4.79 Å². The normalized spacial score (nSPS) is 13.6. The van der Waals surface area contributed by atoms with Gasteiger partial charge in [-0.1, -0.05) is 31.8 Å². The number of esters is 1. The van der Waals surface area contributed by atoms with Crippen LogP contribution in [0.25, 0.3) is 0 Å². The van der Waals surface area contributed by atoms with Crippen molar-refractivity contribution >= 4 is 5.97 Å². The Labute approximate surface area is 98.5 Å². The van der Waals surface area contributed by atoms with Crippen molar-refractivity contribution in [3.05, 3.63) is 11.6 Å². The smallest absolute Gasteiger partial charge is 0.330 e. The van der Waals surface area contributed by atoms with Crippen LogP contribution in [-0.4, -0.2) is 23.8 Å². The summed E-state index contributed by atoms with van der Waals surface area (Å²) in [5.41, 5.74) is 0.877. The fraction of sp³-hybridized carbons (Fsp3) is 0.769. The fourth-order valence-electron chi connectivity index (χ4n) is 1.55. The first-order chi connectivity index (χ1) is 7.60. The number of rotatable bonds is 8. The van der Waals surface area contributed by atoms with Crippen LogP contribution in [0.1, 0.15) is 52.9 Å². The fourth-order valence-corrected chi connectivity index (χ4v) is 1.55. The molecule has 0 radical (unpaired) electrons. The monoisotopic (exact) mass is 228 g/mol. The summed E-state index contributed by atoms with van der Waals surface area (Å²) >= 11 is 0. The maximum atomic E-state index is 11.1. The maximum absolute atomic E-state index is 11.1. The molecule has 1 atom stereocenters. The molecule has 0 aliphatic rings. The number of hydrogen-bond acceptors (Lipinski definition) is 3. The van der Waals surface area contributed by atoms with Gasteiger partial charge in [0.25, 0.3) is 0 Å². The molecule has 0 heterocycles. The molecule has 0 aromatic rings. The summed E-state index contributed by atoms with van der Waals surface area (Å²) in [5.74, 6) is -0.319. The molecular weight excluding hydrogens is 204 g/mol. The first-order valence-electron chi connectivity index (χ1n) is 6.12. The SMILES string of the molecule is CCCCCC(O)CC(C)=CC(=O)OCC. The Morgan fingerprint density at radius 2 is 2.06 bits per heavy atom. The van der Waals surface area contributed by atoms with Crippen LogP contribution in [0.2, 0.25) is 0 Å². The van der Waals surface area contributed by atoms with Gasteiger partial charge in [-0.15, -0.1) is 0 Å². The Morgan fingerprint density at radius 1 is 1.38 bits per heavy atom. The zero-order valence-corrected chi connectivity index (χ0v) is 10.7. The van der Waals surface area contributed by atoms with Crippen molar-refractivity contribution in [2.75, 3.05) is 6.61 Å². The second-order valence-electron chi connectivity index (χ2n) is 4.10. The van der Waals surface area contributed by atoms with Crippen molar-refractivity contribution in [3.63, 3.8) is 0 Å². The highest BCUT2D eigenvalue weighted by Crippen LogP contribution is 2.11. The second-order valence-corrected chi connectivity index (χ2v) is 4.10. The summed E-state index contributed by atoms with van der Waals surface area (Å²) in [4.78, 5) is 11.1. The first-order valence-corrected chi connectivity index (χ1v) is 6.12. The molecule has 0 aromatic heterocycles. The van der Waals surface area contributed by atoms with Gasteiger partial charge in [0.2, 0.25) is 0 Å². The molecule has 0 saturated carbocycles. The number of carbonyl (C=O) groups excluding carboxylic acids is 1. The zero-order valence-electron chi connectivity index (χ0n) is 10.7. The first kappa shape index (κ1) is 15.2. The number of carbonyl (C=O) groups is 1. The standard InChI is InChI=1S/C13H24O3/c1-4-6-7-8-12(14)9-11(3)10-13(15)16-5-2/h10,12,14H,4-9H2,1-3H3. The van der Waals surface area contributed by atoms with Gasteiger partial charge in [-0.2, -0.15) is 0 Å². The van der Waals surface area contributed by atoms with E-state index < -0.39 is 0 Å². The molecule has 16 heavy (non-hydrogen) atoms. The Hall–Kier alpha value is -0.830. The molecule has 3 heteroatoms. The van der Waals surface area contributed by atoms with Gasteiger partial charge >= 0.3 is 5.97 Å². The average Bonchev–Trinajstić information content (AvgIpc) is 2.17. The van der Waals surface area contributed by atoms with Crippen LogP contribution in [-0.2, 0) is 9.53 Å². The highest BCUT2D eigenvalue weighted by molar-refractivity contribution is 5.82. The highest BCUT2D eigenvalue weighted by Gasteiger charge is 2.06. The summed E-state index contributed by atoms with van der Waals surface area (Å²) in [6.45, 7) is 6.15. The van der Waals surface area contributed by atoms with E-state index in [-0.39, 0.29) is 12.1 Å². The molecule has 0 bridgehead atoms. The Kier molecular flexibility index (Phi) is 8.91. The minimum atomic E-state index is -0.336. The lowest BCUT2D eigenvalue weighted by Gasteiger charge is -2.10. The van der Waals surface area contributed by atoms with E-state index in [1.165, 1.54) is 6.08 Å². The molecule has 0 amide bonds. The maximum Gasteiger partial charge on any atom is 0.330 e. The van der Waals surface area contributed by atoms with Gasteiger partial charge in [0.05, 0.1) is 12.7 Å². The van der Waals surface area contributed by atoms with E-state index in [0.717, 1.165) is 31.3 Å². The quantitative estimate of drug-likeness (QED) is 0.395. The van der Waals surface area contributed by atoms with E-state index in [4.69, 9.17) is 4.74 Å². The van der Waals surface area contributed by atoms with E-state index in [2.05, 4.69) is 6.92 Å². The number of unbranched alkanes of at least 4 members (excludes halogenated alkanes) is 2. The number of aliphatic hydroxyl groups excluding tert-OH is 1. The minimum Gasteiger partial charge on any atom is -0.463 e. The predicted octanol–water partition coefficient (Wildman–Crippen LogP) is 2.83. The summed E-state index contributed by atoms with van der Waals surface area (Å²) in [6.07, 6.45) is 5.85. The lowest BCUT2D eigenvalue weighted by Crippen LogP contribution is -2.08. The molecular formula is C13H24O3. The van der Waals surface area contributed by atoms with Crippen molar-refractivity contribution < 1.29 is 14.6 Å². The third kappa shape index (κ3) is 8.48. The van der Waals surface area contributed by atoms with E-state index in [0.29, 0.717) is 13.0 Å². The molecule has 94 valence electrons.